The summed E-state index contributed by atoms with van der Waals surface area (Å²) in [5.41, 5.74) is 3.71. The Bertz CT molecular complexity index is 363. The minimum absolute atomic E-state index is 0.0932. The van der Waals surface area contributed by atoms with Crippen molar-refractivity contribution in [1.82, 2.24) is 0 Å². The molecule has 0 aliphatic heterocycles. The maximum absolute atomic E-state index is 11.9. The molecule has 88 valence electrons. The van der Waals surface area contributed by atoms with E-state index in [-0.39, 0.29) is 5.41 Å². The monoisotopic (exact) mass is 218 g/mol. The normalized spacial score (nSPS) is 11.6. The SMILES string of the molecule is Cc1cc(C)cc(CC(=O)CC(C)(C)C)c1. The summed E-state index contributed by atoms with van der Waals surface area (Å²) >= 11 is 0. The van der Waals surface area contributed by atoms with E-state index in [4.69, 9.17) is 0 Å². The maximum atomic E-state index is 11.9. The molecule has 0 saturated carbocycles. The summed E-state index contributed by atoms with van der Waals surface area (Å²) in [6, 6.07) is 6.35. The Labute approximate surface area is 98.9 Å². The largest absolute Gasteiger partial charge is 0.299 e. The minimum atomic E-state index is 0.0932. The molecule has 0 unspecified atom stereocenters. The van der Waals surface area contributed by atoms with Crippen molar-refractivity contribution in [3.05, 3.63) is 34.9 Å². The van der Waals surface area contributed by atoms with Gasteiger partial charge in [0.15, 0.2) is 0 Å². The van der Waals surface area contributed by atoms with Gasteiger partial charge in [-0.3, -0.25) is 4.79 Å². The van der Waals surface area contributed by atoms with E-state index in [1.807, 2.05) is 0 Å². The summed E-state index contributed by atoms with van der Waals surface area (Å²) in [7, 11) is 0. The molecule has 0 amide bonds. The molecule has 0 radical (unpaired) electrons. The molecule has 0 spiro atoms. The van der Waals surface area contributed by atoms with Crippen LogP contribution in [0.1, 0.15) is 43.9 Å². The third-order valence-corrected chi connectivity index (χ3v) is 2.41. The number of hydrogen-bond donors (Lipinski definition) is 0. The molecular weight excluding hydrogens is 196 g/mol. The second-order valence-electron chi connectivity index (χ2n) is 5.95. The Kier molecular flexibility index (Phi) is 3.90. The highest BCUT2D eigenvalue weighted by Crippen LogP contribution is 2.20. The topological polar surface area (TPSA) is 17.1 Å². The van der Waals surface area contributed by atoms with Crippen LogP contribution in [-0.2, 0) is 11.2 Å². The van der Waals surface area contributed by atoms with E-state index in [0.717, 1.165) is 5.56 Å². The zero-order chi connectivity index (χ0) is 12.3. The van der Waals surface area contributed by atoms with Crippen molar-refractivity contribution in [3.8, 4) is 0 Å². The van der Waals surface area contributed by atoms with Crippen LogP contribution in [0, 0.1) is 19.3 Å². The van der Waals surface area contributed by atoms with Gasteiger partial charge in [-0.05, 0) is 24.8 Å². The number of ketones is 1. The first-order chi connectivity index (χ1) is 7.26. The number of carbonyl (C=O) groups is 1. The van der Waals surface area contributed by atoms with Gasteiger partial charge in [-0.25, -0.2) is 0 Å². The highest BCUT2D eigenvalue weighted by atomic mass is 16.1. The molecular formula is C15H22O. The highest BCUT2D eigenvalue weighted by molar-refractivity contribution is 5.81. The van der Waals surface area contributed by atoms with Gasteiger partial charge in [-0.1, -0.05) is 50.1 Å². The van der Waals surface area contributed by atoms with Crippen LogP contribution in [0.25, 0.3) is 0 Å². The van der Waals surface area contributed by atoms with E-state index < -0.39 is 0 Å². The third-order valence-electron chi connectivity index (χ3n) is 2.41. The van der Waals surface area contributed by atoms with Gasteiger partial charge >= 0.3 is 0 Å². The zero-order valence-electron chi connectivity index (χ0n) is 11.1. The van der Waals surface area contributed by atoms with Crippen molar-refractivity contribution in [2.75, 3.05) is 0 Å². The number of hydrogen-bond acceptors (Lipinski definition) is 1. The molecule has 0 atom stereocenters. The zero-order valence-corrected chi connectivity index (χ0v) is 11.1. The number of Topliss-reactive ketones (excluding diaryl/α,β-unsaturated/α-hetero) is 1. The Morgan fingerprint density at radius 1 is 1.06 bits per heavy atom. The first kappa shape index (κ1) is 13.0. The van der Waals surface area contributed by atoms with Gasteiger partial charge in [-0.15, -0.1) is 0 Å². The predicted molar refractivity (Wildman–Crippen MR) is 68.7 cm³/mol. The van der Waals surface area contributed by atoms with Crippen LogP contribution in [0.5, 0.6) is 0 Å². The molecule has 0 N–H and O–H groups in total. The Morgan fingerprint density at radius 2 is 1.56 bits per heavy atom. The number of carbonyl (C=O) groups excluding carboxylic acids is 1. The van der Waals surface area contributed by atoms with Gasteiger partial charge in [0.25, 0.3) is 0 Å². The molecule has 16 heavy (non-hydrogen) atoms. The second kappa shape index (κ2) is 4.82. The van der Waals surface area contributed by atoms with Crippen molar-refractivity contribution in [1.29, 1.82) is 0 Å². The Morgan fingerprint density at radius 3 is 2.00 bits per heavy atom. The molecule has 0 heterocycles. The van der Waals surface area contributed by atoms with Crippen LogP contribution in [-0.4, -0.2) is 5.78 Å². The molecule has 1 heteroatoms. The number of benzene rings is 1. The average Bonchev–Trinajstić information content (AvgIpc) is 1.96. The lowest BCUT2D eigenvalue weighted by Gasteiger charge is -2.16. The fourth-order valence-corrected chi connectivity index (χ4v) is 2.05. The fourth-order valence-electron chi connectivity index (χ4n) is 2.05. The molecule has 1 aromatic rings. The molecule has 0 aliphatic carbocycles. The fraction of sp³-hybridized carbons (Fsp3) is 0.533. The highest BCUT2D eigenvalue weighted by Gasteiger charge is 2.16. The Hall–Kier alpha value is -1.11. The van der Waals surface area contributed by atoms with E-state index >= 15 is 0 Å². The van der Waals surface area contributed by atoms with Crippen LogP contribution >= 0.6 is 0 Å². The minimum Gasteiger partial charge on any atom is -0.299 e. The van der Waals surface area contributed by atoms with Crippen LogP contribution in [0.15, 0.2) is 18.2 Å². The number of aryl methyl sites for hydroxylation is 2. The van der Waals surface area contributed by atoms with E-state index in [1.54, 1.807) is 0 Å². The summed E-state index contributed by atoms with van der Waals surface area (Å²) in [6.07, 6.45) is 1.22. The lowest BCUT2D eigenvalue weighted by Crippen LogP contribution is -2.14. The molecule has 1 aromatic carbocycles. The van der Waals surface area contributed by atoms with Crippen LogP contribution in [0.3, 0.4) is 0 Å². The van der Waals surface area contributed by atoms with E-state index in [1.165, 1.54) is 11.1 Å². The lowest BCUT2D eigenvalue weighted by atomic mass is 9.88. The lowest BCUT2D eigenvalue weighted by molar-refractivity contribution is -0.120. The van der Waals surface area contributed by atoms with Gasteiger partial charge in [0.2, 0.25) is 0 Å². The summed E-state index contributed by atoms with van der Waals surface area (Å²) < 4.78 is 0. The van der Waals surface area contributed by atoms with Crippen LogP contribution in [0.4, 0.5) is 0 Å². The van der Waals surface area contributed by atoms with E-state index in [9.17, 15) is 4.79 Å². The van der Waals surface area contributed by atoms with E-state index in [2.05, 4.69) is 52.8 Å². The maximum Gasteiger partial charge on any atom is 0.137 e. The van der Waals surface area contributed by atoms with Crippen molar-refractivity contribution in [3.63, 3.8) is 0 Å². The van der Waals surface area contributed by atoms with Crippen LogP contribution < -0.4 is 0 Å². The van der Waals surface area contributed by atoms with Crippen LogP contribution in [0.2, 0.25) is 0 Å². The molecule has 1 nitrogen and oxygen atoms in total. The van der Waals surface area contributed by atoms with Gasteiger partial charge < -0.3 is 0 Å². The second-order valence-corrected chi connectivity index (χ2v) is 5.95. The van der Waals surface area contributed by atoms with Gasteiger partial charge in [0.1, 0.15) is 5.78 Å². The number of rotatable bonds is 3. The van der Waals surface area contributed by atoms with Crippen molar-refractivity contribution < 1.29 is 4.79 Å². The molecule has 0 aliphatic rings. The summed E-state index contributed by atoms with van der Waals surface area (Å²) in [4.78, 5) is 11.9. The van der Waals surface area contributed by atoms with Gasteiger partial charge in [0, 0.05) is 12.8 Å². The first-order valence-corrected chi connectivity index (χ1v) is 5.85. The quantitative estimate of drug-likeness (QED) is 0.753. The molecule has 1 rings (SSSR count). The summed E-state index contributed by atoms with van der Waals surface area (Å²) in [6.45, 7) is 10.5. The summed E-state index contributed by atoms with van der Waals surface area (Å²) in [5.74, 6) is 0.331. The molecule has 0 bridgehead atoms. The molecule has 0 fully saturated rings. The third kappa shape index (κ3) is 4.61. The van der Waals surface area contributed by atoms with Gasteiger partial charge in [-0.2, -0.15) is 0 Å². The van der Waals surface area contributed by atoms with Gasteiger partial charge in [0.05, 0.1) is 0 Å². The molecule has 0 saturated heterocycles. The molecule has 0 aromatic heterocycles. The Balaban J connectivity index is 2.70. The average molecular weight is 218 g/mol. The summed E-state index contributed by atoms with van der Waals surface area (Å²) in [5, 5.41) is 0. The predicted octanol–water partition coefficient (Wildman–Crippen LogP) is 3.85. The van der Waals surface area contributed by atoms with Crippen molar-refractivity contribution in [2.24, 2.45) is 5.41 Å². The van der Waals surface area contributed by atoms with Crippen molar-refractivity contribution >= 4 is 5.78 Å². The smallest absolute Gasteiger partial charge is 0.137 e. The van der Waals surface area contributed by atoms with E-state index in [0.29, 0.717) is 18.6 Å². The van der Waals surface area contributed by atoms with Crippen molar-refractivity contribution in [2.45, 2.75) is 47.5 Å². The first-order valence-electron chi connectivity index (χ1n) is 5.85. The standard InChI is InChI=1S/C15H22O/c1-11-6-12(2)8-13(7-11)9-14(16)10-15(3,4)5/h6-8H,9-10H2,1-5H3.